The molecule has 0 aliphatic carbocycles. The first kappa shape index (κ1) is 16.3. The molecule has 1 atom stereocenters. The topological polar surface area (TPSA) is 56.2 Å². The molecule has 0 saturated carbocycles. The van der Waals surface area contributed by atoms with Gasteiger partial charge >= 0.3 is 0 Å². The first-order valence-electron chi connectivity index (χ1n) is 6.92. The van der Waals surface area contributed by atoms with Crippen molar-refractivity contribution in [3.63, 3.8) is 0 Å². The summed E-state index contributed by atoms with van der Waals surface area (Å²) in [6.45, 7) is 3.85. The van der Waals surface area contributed by atoms with Crippen LogP contribution in [0.2, 0.25) is 5.02 Å². The number of benzene rings is 1. The summed E-state index contributed by atoms with van der Waals surface area (Å²) in [5.41, 5.74) is 0. The molecule has 1 N–H and O–H groups in total. The van der Waals surface area contributed by atoms with Gasteiger partial charge in [0.25, 0.3) is 5.91 Å². The van der Waals surface area contributed by atoms with Crippen molar-refractivity contribution < 1.29 is 13.9 Å². The summed E-state index contributed by atoms with van der Waals surface area (Å²) in [7, 11) is 0. The van der Waals surface area contributed by atoms with Crippen molar-refractivity contribution in [3.8, 4) is 5.75 Å². The zero-order valence-electron chi connectivity index (χ0n) is 12.3. The van der Waals surface area contributed by atoms with Crippen molar-refractivity contribution in [1.82, 2.24) is 9.78 Å². The van der Waals surface area contributed by atoms with E-state index in [4.69, 9.17) is 16.3 Å². The lowest BCUT2D eigenvalue weighted by Gasteiger charge is -2.14. The van der Waals surface area contributed by atoms with Gasteiger partial charge in [0.1, 0.15) is 17.4 Å². The number of carbonyl (C=O) groups excluding carboxylic acids is 1. The van der Waals surface area contributed by atoms with Gasteiger partial charge in [-0.05, 0) is 25.5 Å². The van der Waals surface area contributed by atoms with E-state index in [1.54, 1.807) is 16.9 Å². The molecule has 1 unspecified atom stereocenters. The fourth-order valence-electron chi connectivity index (χ4n) is 1.83. The molecule has 118 valence electrons. The van der Waals surface area contributed by atoms with Crippen LogP contribution in [0.5, 0.6) is 5.75 Å². The molecule has 7 heteroatoms. The van der Waals surface area contributed by atoms with E-state index < -0.39 is 5.82 Å². The minimum absolute atomic E-state index is 0.0484. The molecule has 1 aromatic carbocycles. The third kappa shape index (κ3) is 3.98. The maximum Gasteiger partial charge on any atom is 0.263 e. The Bertz CT molecular complexity index is 660. The van der Waals surface area contributed by atoms with Crippen LogP contribution in [-0.2, 0) is 4.79 Å². The van der Waals surface area contributed by atoms with E-state index in [1.807, 2.05) is 13.8 Å². The van der Waals surface area contributed by atoms with Crippen LogP contribution < -0.4 is 10.1 Å². The van der Waals surface area contributed by atoms with Gasteiger partial charge in [-0.1, -0.05) is 18.5 Å². The number of carbonyl (C=O) groups is 1. The van der Waals surface area contributed by atoms with Crippen LogP contribution in [0.4, 0.5) is 10.2 Å². The lowest BCUT2D eigenvalue weighted by Crippen LogP contribution is -2.23. The molecule has 2 rings (SSSR count). The molecule has 0 saturated heterocycles. The fraction of sp³-hybridized carbons (Fsp3) is 0.333. The minimum atomic E-state index is -0.532. The molecule has 0 aliphatic rings. The van der Waals surface area contributed by atoms with Crippen LogP contribution in [-0.4, -0.2) is 22.3 Å². The molecule has 5 nitrogen and oxygen atoms in total. The molecule has 22 heavy (non-hydrogen) atoms. The van der Waals surface area contributed by atoms with Gasteiger partial charge in [0, 0.05) is 12.1 Å². The predicted molar refractivity (Wildman–Crippen MR) is 82.8 cm³/mol. The second kappa shape index (κ2) is 7.26. The average Bonchev–Trinajstić information content (AvgIpc) is 2.95. The molecule has 1 heterocycles. The number of hydrogen-bond acceptors (Lipinski definition) is 3. The Morgan fingerprint density at radius 1 is 1.50 bits per heavy atom. The van der Waals surface area contributed by atoms with E-state index in [0.717, 1.165) is 6.42 Å². The maximum atomic E-state index is 13.0. The standard InChI is InChI=1S/C15H17ClFN3O2/c1-3-10(2)20-14(6-7-18-20)19-15(21)9-22-11-4-5-13(17)12(16)8-11/h4-8,10H,3,9H2,1-2H3,(H,19,21). The number of ether oxygens (including phenoxy) is 1. The highest BCUT2D eigenvalue weighted by Crippen LogP contribution is 2.21. The normalized spacial score (nSPS) is 12.0. The fourth-order valence-corrected chi connectivity index (χ4v) is 2.00. The first-order chi connectivity index (χ1) is 10.5. The summed E-state index contributed by atoms with van der Waals surface area (Å²) in [6, 6.07) is 5.83. The van der Waals surface area contributed by atoms with Crippen molar-refractivity contribution in [2.24, 2.45) is 0 Å². The highest BCUT2D eigenvalue weighted by atomic mass is 35.5. The number of amides is 1. The van der Waals surface area contributed by atoms with E-state index in [1.165, 1.54) is 18.2 Å². The number of anilines is 1. The summed E-state index contributed by atoms with van der Waals surface area (Å²) in [5, 5.41) is 6.86. The van der Waals surface area contributed by atoms with Crippen LogP contribution in [0.1, 0.15) is 26.3 Å². The monoisotopic (exact) mass is 325 g/mol. The number of aromatic nitrogens is 2. The Labute approximate surface area is 133 Å². The molecule has 0 fully saturated rings. The molecule has 1 aromatic heterocycles. The SMILES string of the molecule is CCC(C)n1nccc1NC(=O)COc1ccc(F)c(Cl)c1. The summed E-state index contributed by atoms with van der Waals surface area (Å²) >= 11 is 5.65. The molecule has 0 aliphatic heterocycles. The van der Waals surface area contributed by atoms with Crippen molar-refractivity contribution in [2.45, 2.75) is 26.3 Å². The number of nitrogens with zero attached hydrogens (tertiary/aromatic N) is 2. The van der Waals surface area contributed by atoms with E-state index in [2.05, 4.69) is 10.4 Å². The number of rotatable bonds is 6. The van der Waals surface area contributed by atoms with Crippen molar-refractivity contribution in [3.05, 3.63) is 41.3 Å². The van der Waals surface area contributed by atoms with Crippen LogP contribution in [0.15, 0.2) is 30.5 Å². The summed E-state index contributed by atoms with van der Waals surface area (Å²) in [4.78, 5) is 11.9. The summed E-state index contributed by atoms with van der Waals surface area (Å²) < 4.78 is 20.1. The predicted octanol–water partition coefficient (Wildman–Crippen LogP) is 3.66. The maximum absolute atomic E-state index is 13.0. The third-order valence-electron chi connectivity index (χ3n) is 3.21. The van der Waals surface area contributed by atoms with Gasteiger partial charge in [0.2, 0.25) is 0 Å². The van der Waals surface area contributed by atoms with Crippen molar-refractivity contribution in [1.29, 1.82) is 0 Å². The van der Waals surface area contributed by atoms with Gasteiger partial charge in [-0.2, -0.15) is 5.10 Å². The van der Waals surface area contributed by atoms with E-state index in [-0.39, 0.29) is 23.6 Å². The van der Waals surface area contributed by atoms with Gasteiger partial charge in [0.15, 0.2) is 6.61 Å². The summed E-state index contributed by atoms with van der Waals surface area (Å²) in [5.74, 6) is 0.0819. The van der Waals surface area contributed by atoms with E-state index in [9.17, 15) is 9.18 Å². The lowest BCUT2D eigenvalue weighted by atomic mass is 10.3. The second-order valence-corrected chi connectivity index (χ2v) is 5.24. The smallest absolute Gasteiger partial charge is 0.263 e. The van der Waals surface area contributed by atoms with Gasteiger partial charge in [-0.3, -0.25) is 4.79 Å². The van der Waals surface area contributed by atoms with Gasteiger partial charge in [-0.25, -0.2) is 9.07 Å². The molecular weight excluding hydrogens is 309 g/mol. The van der Waals surface area contributed by atoms with Gasteiger partial charge < -0.3 is 10.1 Å². The Morgan fingerprint density at radius 2 is 2.27 bits per heavy atom. The Balaban J connectivity index is 1.93. The lowest BCUT2D eigenvalue weighted by molar-refractivity contribution is -0.118. The number of hydrogen-bond donors (Lipinski definition) is 1. The van der Waals surface area contributed by atoms with Crippen molar-refractivity contribution >= 4 is 23.3 Å². The van der Waals surface area contributed by atoms with E-state index >= 15 is 0 Å². The number of halogens is 2. The molecule has 1 amide bonds. The highest BCUT2D eigenvalue weighted by Gasteiger charge is 2.12. The third-order valence-corrected chi connectivity index (χ3v) is 3.50. The molecule has 0 radical (unpaired) electrons. The van der Waals surface area contributed by atoms with Crippen LogP contribution >= 0.6 is 11.6 Å². The second-order valence-electron chi connectivity index (χ2n) is 4.83. The van der Waals surface area contributed by atoms with Crippen LogP contribution in [0, 0.1) is 5.82 Å². The molecule has 0 bridgehead atoms. The number of nitrogens with one attached hydrogen (secondary N) is 1. The van der Waals surface area contributed by atoms with Gasteiger partial charge in [0.05, 0.1) is 17.3 Å². The zero-order chi connectivity index (χ0) is 16.1. The first-order valence-corrected chi connectivity index (χ1v) is 7.30. The van der Waals surface area contributed by atoms with Crippen LogP contribution in [0.3, 0.4) is 0 Å². The Morgan fingerprint density at radius 3 is 2.95 bits per heavy atom. The van der Waals surface area contributed by atoms with E-state index in [0.29, 0.717) is 11.6 Å². The molecule has 0 spiro atoms. The zero-order valence-corrected chi connectivity index (χ0v) is 13.1. The molecule has 2 aromatic rings. The summed E-state index contributed by atoms with van der Waals surface area (Å²) in [6.07, 6.45) is 2.53. The Hall–Kier alpha value is -2.08. The molecular formula is C15H17ClFN3O2. The van der Waals surface area contributed by atoms with Crippen molar-refractivity contribution in [2.75, 3.05) is 11.9 Å². The van der Waals surface area contributed by atoms with Crippen LogP contribution in [0.25, 0.3) is 0 Å². The van der Waals surface area contributed by atoms with Gasteiger partial charge in [-0.15, -0.1) is 0 Å². The highest BCUT2D eigenvalue weighted by molar-refractivity contribution is 6.30. The average molecular weight is 326 g/mol. The minimum Gasteiger partial charge on any atom is -0.484 e. The largest absolute Gasteiger partial charge is 0.484 e. The Kier molecular flexibility index (Phi) is 5.38. The quantitative estimate of drug-likeness (QED) is 0.881.